The van der Waals surface area contributed by atoms with Crippen molar-refractivity contribution in [3.05, 3.63) is 51.2 Å². The number of fused-ring (bicyclic) bond motifs is 1. The van der Waals surface area contributed by atoms with Gasteiger partial charge in [-0.2, -0.15) is 0 Å². The summed E-state index contributed by atoms with van der Waals surface area (Å²) < 4.78 is 0. The summed E-state index contributed by atoms with van der Waals surface area (Å²) in [5.41, 5.74) is 3.42. The van der Waals surface area contributed by atoms with Crippen molar-refractivity contribution in [1.82, 2.24) is 5.32 Å². The maximum absolute atomic E-state index is 12.5. The van der Waals surface area contributed by atoms with Gasteiger partial charge in [-0.1, -0.05) is 18.6 Å². The number of thiophene rings is 1. The summed E-state index contributed by atoms with van der Waals surface area (Å²) in [5.74, 6) is 0.0136. The summed E-state index contributed by atoms with van der Waals surface area (Å²) in [7, 11) is 1.92. The molecule has 0 atom stereocenters. The van der Waals surface area contributed by atoms with Crippen LogP contribution in [0.4, 0.5) is 5.69 Å². The summed E-state index contributed by atoms with van der Waals surface area (Å²) >= 11 is 1.67. The quantitative estimate of drug-likeness (QED) is 0.802. The van der Waals surface area contributed by atoms with Gasteiger partial charge >= 0.3 is 0 Å². The second-order valence-electron chi connectivity index (χ2n) is 5.80. The van der Waals surface area contributed by atoms with Gasteiger partial charge in [-0.05, 0) is 62.1 Å². The van der Waals surface area contributed by atoms with Crippen molar-refractivity contribution in [3.8, 4) is 0 Å². The summed E-state index contributed by atoms with van der Waals surface area (Å²) in [5, 5.41) is 6.15. The molecular weight excluding hydrogens is 328 g/mol. The highest BCUT2D eigenvalue weighted by Crippen LogP contribution is 2.29. The van der Waals surface area contributed by atoms with Crippen molar-refractivity contribution in [2.45, 2.75) is 38.6 Å². The van der Waals surface area contributed by atoms with Gasteiger partial charge in [-0.3, -0.25) is 4.79 Å². The standard InChI is InChI=1S/C18H22N2OS.ClH/c1-19-12-13-6-5-8-15(10-13)20-18(21)17-11-14-7-3-2-4-9-16(14)22-17;/h5-6,8,10-11,19H,2-4,7,9,12H2,1H3,(H,20,21);1H. The van der Waals surface area contributed by atoms with E-state index in [0.717, 1.165) is 30.0 Å². The third-order valence-corrected chi connectivity index (χ3v) is 5.27. The smallest absolute Gasteiger partial charge is 0.265 e. The predicted molar refractivity (Wildman–Crippen MR) is 100.0 cm³/mol. The maximum Gasteiger partial charge on any atom is 0.265 e. The van der Waals surface area contributed by atoms with Crippen LogP contribution in [0.2, 0.25) is 0 Å². The van der Waals surface area contributed by atoms with Gasteiger partial charge in [-0.15, -0.1) is 23.7 Å². The molecule has 0 spiro atoms. The Bertz CT molecular complexity index is 645. The second kappa shape index (κ2) is 8.48. The number of benzene rings is 1. The van der Waals surface area contributed by atoms with E-state index in [1.54, 1.807) is 11.3 Å². The van der Waals surface area contributed by atoms with Crippen LogP contribution >= 0.6 is 23.7 Å². The molecule has 2 aromatic rings. The zero-order chi connectivity index (χ0) is 15.4. The predicted octanol–water partition coefficient (Wildman–Crippen LogP) is 4.41. The lowest BCUT2D eigenvalue weighted by Gasteiger charge is -2.06. The Balaban J connectivity index is 0.00000192. The first-order valence-corrected chi connectivity index (χ1v) is 8.74. The number of carbonyl (C=O) groups excluding carboxylic acids is 1. The molecule has 3 rings (SSSR count). The number of aryl methyl sites for hydroxylation is 2. The van der Waals surface area contributed by atoms with Gasteiger partial charge in [0.15, 0.2) is 0 Å². The summed E-state index contributed by atoms with van der Waals surface area (Å²) in [6.45, 7) is 0.803. The minimum absolute atomic E-state index is 0. The van der Waals surface area contributed by atoms with Crippen LogP contribution < -0.4 is 10.6 Å². The highest BCUT2D eigenvalue weighted by Gasteiger charge is 2.16. The van der Waals surface area contributed by atoms with E-state index in [4.69, 9.17) is 0 Å². The van der Waals surface area contributed by atoms with E-state index in [-0.39, 0.29) is 18.3 Å². The van der Waals surface area contributed by atoms with Crippen molar-refractivity contribution in [1.29, 1.82) is 0 Å². The van der Waals surface area contributed by atoms with E-state index in [2.05, 4.69) is 22.8 Å². The molecule has 0 unspecified atom stereocenters. The van der Waals surface area contributed by atoms with Gasteiger partial charge in [0.2, 0.25) is 0 Å². The molecule has 0 radical (unpaired) electrons. The number of rotatable bonds is 4. The van der Waals surface area contributed by atoms with Gasteiger partial charge in [0.25, 0.3) is 5.91 Å². The molecule has 1 amide bonds. The van der Waals surface area contributed by atoms with Gasteiger partial charge in [0.1, 0.15) is 0 Å². The third-order valence-electron chi connectivity index (χ3n) is 4.04. The van der Waals surface area contributed by atoms with Crippen molar-refractivity contribution < 1.29 is 4.79 Å². The molecule has 23 heavy (non-hydrogen) atoms. The molecule has 2 N–H and O–H groups in total. The van der Waals surface area contributed by atoms with Crippen LogP contribution in [0.5, 0.6) is 0 Å². The lowest BCUT2D eigenvalue weighted by Crippen LogP contribution is -2.11. The molecule has 0 saturated carbocycles. The molecule has 1 aliphatic carbocycles. The largest absolute Gasteiger partial charge is 0.321 e. The Kier molecular flexibility index (Phi) is 6.63. The lowest BCUT2D eigenvalue weighted by molar-refractivity contribution is 0.103. The molecule has 1 aromatic heterocycles. The van der Waals surface area contributed by atoms with E-state index >= 15 is 0 Å². The minimum atomic E-state index is 0. The summed E-state index contributed by atoms with van der Waals surface area (Å²) in [4.78, 5) is 14.7. The van der Waals surface area contributed by atoms with E-state index in [1.165, 1.54) is 35.3 Å². The lowest BCUT2D eigenvalue weighted by atomic mass is 10.1. The Labute approximate surface area is 147 Å². The number of hydrogen-bond acceptors (Lipinski definition) is 3. The van der Waals surface area contributed by atoms with Crippen LogP contribution in [0.1, 0.15) is 44.9 Å². The number of anilines is 1. The summed E-state index contributed by atoms with van der Waals surface area (Å²) in [6, 6.07) is 10.1. The normalized spacial score (nSPS) is 13.6. The molecule has 1 aromatic carbocycles. The average Bonchev–Trinajstić information content (AvgIpc) is 2.79. The Morgan fingerprint density at radius 1 is 1.17 bits per heavy atom. The van der Waals surface area contributed by atoms with E-state index in [0.29, 0.717) is 0 Å². The first kappa shape index (κ1) is 18.0. The first-order valence-electron chi connectivity index (χ1n) is 7.93. The van der Waals surface area contributed by atoms with E-state index in [1.807, 2.05) is 25.2 Å². The Morgan fingerprint density at radius 2 is 2.00 bits per heavy atom. The number of halogens is 1. The van der Waals surface area contributed by atoms with E-state index in [9.17, 15) is 4.79 Å². The fourth-order valence-electron chi connectivity index (χ4n) is 2.94. The third kappa shape index (κ3) is 4.56. The molecule has 0 aliphatic heterocycles. The molecule has 0 fully saturated rings. The molecular formula is C18H23ClN2OS. The highest BCUT2D eigenvalue weighted by atomic mass is 35.5. The van der Waals surface area contributed by atoms with Crippen LogP contribution in [0, 0.1) is 0 Å². The SMILES string of the molecule is CNCc1cccc(NC(=O)c2cc3c(s2)CCCCC3)c1.Cl. The molecule has 0 bridgehead atoms. The molecule has 3 nitrogen and oxygen atoms in total. The number of amides is 1. The first-order chi connectivity index (χ1) is 10.8. The molecule has 5 heteroatoms. The van der Waals surface area contributed by atoms with Crippen LogP contribution in [-0.2, 0) is 19.4 Å². The fraction of sp³-hybridized carbons (Fsp3) is 0.389. The zero-order valence-electron chi connectivity index (χ0n) is 13.4. The van der Waals surface area contributed by atoms with Gasteiger partial charge in [-0.25, -0.2) is 0 Å². The molecule has 0 saturated heterocycles. The van der Waals surface area contributed by atoms with Crippen LogP contribution in [0.25, 0.3) is 0 Å². The average molecular weight is 351 g/mol. The van der Waals surface area contributed by atoms with Crippen molar-refractivity contribution in [2.24, 2.45) is 0 Å². The second-order valence-corrected chi connectivity index (χ2v) is 6.94. The fourth-order valence-corrected chi connectivity index (χ4v) is 4.08. The number of carbonyl (C=O) groups is 1. The highest BCUT2D eigenvalue weighted by molar-refractivity contribution is 7.14. The Morgan fingerprint density at radius 3 is 2.83 bits per heavy atom. The number of hydrogen-bond donors (Lipinski definition) is 2. The van der Waals surface area contributed by atoms with Gasteiger partial charge in [0.05, 0.1) is 4.88 Å². The minimum Gasteiger partial charge on any atom is -0.321 e. The van der Waals surface area contributed by atoms with Crippen LogP contribution in [0.15, 0.2) is 30.3 Å². The monoisotopic (exact) mass is 350 g/mol. The van der Waals surface area contributed by atoms with Crippen molar-refractivity contribution in [2.75, 3.05) is 12.4 Å². The van der Waals surface area contributed by atoms with E-state index < -0.39 is 0 Å². The summed E-state index contributed by atoms with van der Waals surface area (Å²) in [6.07, 6.45) is 6.06. The molecule has 124 valence electrons. The van der Waals surface area contributed by atoms with Crippen LogP contribution in [-0.4, -0.2) is 13.0 Å². The van der Waals surface area contributed by atoms with Gasteiger partial charge in [0, 0.05) is 17.1 Å². The van der Waals surface area contributed by atoms with Crippen molar-refractivity contribution in [3.63, 3.8) is 0 Å². The van der Waals surface area contributed by atoms with Crippen LogP contribution in [0.3, 0.4) is 0 Å². The topological polar surface area (TPSA) is 41.1 Å². The molecule has 1 aliphatic rings. The maximum atomic E-state index is 12.5. The number of nitrogens with one attached hydrogen (secondary N) is 2. The Hall–Kier alpha value is -1.36. The van der Waals surface area contributed by atoms with Crippen molar-refractivity contribution >= 4 is 35.3 Å². The zero-order valence-corrected chi connectivity index (χ0v) is 15.0. The van der Waals surface area contributed by atoms with Gasteiger partial charge < -0.3 is 10.6 Å². The molecule has 1 heterocycles.